The molecule has 1 amide bonds. The zero-order valence-electron chi connectivity index (χ0n) is 19.4. The molecule has 2 fully saturated rings. The molecular formula is C24H32N6O4. The summed E-state index contributed by atoms with van der Waals surface area (Å²) < 4.78 is 1.87. The Balaban J connectivity index is 1.44. The van der Waals surface area contributed by atoms with Crippen molar-refractivity contribution in [1.82, 2.24) is 20.2 Å². The van der Waals surface area contributed by atoms with E-state index in [2.05, 4.69) is 22.0 Å². The Morgan fingerprint density at radius 2 is 1.94 bits per heavy atom. The monoisotopic (exact) mass is 468 g/mol. The van der Waals surface area contributed by atoms with Crippen LogP contribution in [0, 0.1) is 11.8 Å². The third kappa shape index (κ3) is 4.11. The van der Waals surface area contributed by atoms with Crippen molar-refractivity contribution in [2.75, 3.05) is 5.32 Å². The van der Waals surface area contributed by atoms with E-state index in [0.29, 0.717) is 32.2 Å². The second-order valence-corrected chi connectivity index (χ2v) is 9.78. The first kappa shape index (κ1) is 22.6. The molecule has 10 heteroatoms. The Labute approximate surface area is 197 Å². The number of nitrogens with one attached hydrogen (secondary N) is 2. The van der Waals surface area contributed by atoms with E-state index in [1.807, 2.05) is 24.0 Å². The van der Waals surface area contributed by atoms with Crippen molar-refractivity contribution in [2.24, 2.45) is 17.6 Å². The lowest BCUT2D eigenvalue weighted by molar-refractivity contribution is -0.142. The van der Waals surface area contributed by atoms with Crippen molar-refractivity contribution in [3.63, 3.8) is 0 Å². The van der Waals surface area contributed by atoms with Crippen molar-refractivity contribution < 1.29 is 19.5 Å². The number of fused-ring (bicyclic) bond motifs is 1. The lowest BCUT2D eigenvalue weighted by atomic mass is 9.78. The number of aromatic nitrogens is 3. The molecule has 2 aromatic heterocycles. The van der Waals surface area contributed by atoms with Crippen LogP contribution in [0.2, 0.25) is 0 Å². The number of carbonyl (C=O) groups excluding carboxylic acids is 1. The number of rotatable bonds is 6. The molecule has 2 aromatic rings. The van der Waals surface area contributed by atoms with E-state index >= 15 is 0 Å². The molecule has 0 atom stereocenters. The van der Waals surface area contributed by atoms with Gasteiger partial charge in [-0.25, -0.2) is 9.67 Å². The minimum absolute atomic E-state index is 0.0947. The van der Waals surface area contributed by atoms with Crippen LogP contribution in [0.5, 0.6) is 0 Å². The Morgan fingerprint density at radius 3 is 2.59 bits per heavy atom. The lowest BCUT2D eigenvalue weighted by Gasteiger charge is -2.32. The number of carbonyl (C=O) groups is 2. The molecule has 5 rings (SSSR count). The minimum atomic E-state index is -0.705. The number of hydrogen-bond donors (Lipinski definition) is 4. The van der Waals surface area contributed by atoms with Gasteiger partial charge in [0.2, 0.25) is 5.91 Å². The number of amides is 1. The highest BCUT2D eigenvalue weighted by Crippen LogP contribution is 2.42. The average molecular weight is 469 g/mol. The van der Waals surface area contributed by atoms with Gasteiger partial charge in [-0.05, 0) is 64.4 Å². The highest BCUT2D eigenvalue weighted by Gasteiger charge is 2.41. The molecule has 0 bridgehead atoms. The normalized spacial score (nSPS) is 29.1. The topological polar surface area (TPSA) is 144 Å². The second-order valence-electron chi connectivity index (χ2n) is 9.78. The van der Waals surface area contributed by atoms with Crippen molar-refractivity contribution >= 4 is 34.3 Å². The van der Waals surface area contributed by atoms with Gasteiger partial charge in [0.1, 0.15) is 5.60 Å². The van der Waals surface area contributed by atoms with Crippen LogP contribution in [0.3, 0.4) is 0 Å². The van der Waals surface area contributed by atoms with E-state index in [9.17, 15) is 14.7 Å². The Kier molecular flexibility index (Phi) is 5.93. The number of hydroxylamine groups is 1. The van der Waals surface area contributed by atoms with Crippen LogP contribution in [0.1, 0.15) is 63.9 Å². The van der Waals surface area contributed by atoms with Crippen LogP contribution in [0.25, 0.3) is 16.7 Å². The average Bonchev–Trinajstić information content (AvgIpc) is 3.44. The van der Waals surface area contributed by atoms with Gasteiger partial charge >= 0.3 is 5.97 Å². The first-order valence-corrected chi connectivity index (χ1v) is 12.2. The van der Waals surface area contributed by atoms with Gasteiger partial charge in [0.05, 0.1) is 28.9 Å². The summed E-state index contributed by atoms with van der Waals surface area (Å²) in [5.41, 5.74) is 11.7. The van der Waals surface area contributed by atoms with E-state index in [0.717, 1.165) is 53.7 Å². The molecule has 2 aliphatic carbocycles. The summed E-state index contributed by atoms with van der Waals surface area (Å²) in [4.78, 5) is 33.7. The lowest BCUT2D eigenvalue weighted by Crippen LogP contribution is -2.38. The molecular weight excluding hydrogens is 436 g/mol. The summed E-state index contributed by atoms with van der Waals surface area (Å²) in [5, 5.41) is 18.5. The van der Waals surface area contributed by atoms with Crippen molar-refractivity contribution in [3.8, 4) is 0 Å². The quantitative estimate of drug-likeness (QED) is 0.506. The number of aliphatic carboxylic acids is 1. The van der Waals surface area contributed by atoms with E-state index in [4.69, 9.17) is 15.6 Å². The molecule has 10 nitrogen and oxygen atoms in total. The summed E-state index contributed by atoms with van der Waals surface area (Å²) in [6.45, 7) is 2.75. The maximum Gasteiger partial charge on any atom is 0.306 e. The zero-order chi connectivity index (χ0) is 23.9. The molecule has 0 saturated heterocycles. The molecule has 34 heavy (non-hydrogen) atoms. The molecule has 182 valence electrons. The van der Waals surface area contributed by atoms with Crippen LogP contribution in [0.15, 0.2) is 18.5 Å². The fraction of sp³-hybridized carbons (Fsp3) is 0.583. The van der Waals surface area contributed by atoms with E-state index < -0.39 is 11.6 Å². The highest BCUT2D eigenvalue weighted by molar-refractivity contribution is 5.96. The number of carboxylic acid groups (broad SMARTS) is 1. The van der Waals surface area contributed by atoms with Crippen molar-refractivity contribution in [2.45, 2.75) is 76.5 Å². The highest BCUT2D eigenvalue weighted by atomic mass is 16.7. The van der Waals surface area contributed by atoms with Gasteiger partial charge in [0.15, 0.2) is 5.65 Å². The summed E-state index contributed by atoms with van der Waals surface area (Å²) in [5.74, 6) is -1.30. The van der Waals surface area contributed by atoms with Crippen LogP contribution in [0.4, 0.5) is 5.69 Å². The summed E-state index contributed by atoms with van der Waals surface area (Å²) in [6, 6.07) is 0.174. The van der Waals surface area contributed by atoms with Crippen LogP contribution < -0.4 is 16.5 Å². The maximum absolute atomic E-state index is 11.6. The minimum Gasteiger partial charge on any atom is -0.481 e. The number of anilines is 1. The van der Waals surface area contributed by atoms with Crippen LogP contribution in [-0.4, -0.2) is 43.4 Å². The smallest absolute Gasteiger partial charge is 0.306 e. The number of carboxylic acids is 1. The second kappa shape index (κ2) is 8.90. The predicted molar refractivity (Wildman–Crippen MR) is 126 cm³/mol. The van der Waals surface area contributed by atoms with Crippen molar-refractivity contribution in [1.29, 1.82) is 0 Å². The number of pyridine rings is 1. The summed E-state index contributed by atoms with van der Waals surface area (Å²) in [6.07, 6.45) is 11.6. The number of hydrogen-bond acceptors (Lipinski definition) is 7. The first-order valence-electron chi connectivity index (χ1n) is 12.2. The van der Waals surface area contributed by atoms with Crippen LogP contribution in [-0.2, 0) is 21.0 Å². The molecule has 2 saturated carbocycles. The van der Waals surface area contributed by atoms with Gasteiger partial charge in [-0.2, -0.15) is 5.10 Å². The molecule has 0 radical (unpaired) electrons. The van der Waals surface area contributed by atoms with E-state index in [-0.39, 0.29) is 23.8 Å². The zero-order valence-corrected chi connectivity index (χ0v) is 19.4. The Morgan fingerprint density at radius 1 is 1.21 bits per heavy atom. The molecule has 3 aliphatic rings. The third-order valence-electron chi connectivity index (χ3n) is 7.69. The number of primary amides is 1. The van der Waals surface area contributed by atoms with Crippen LogP contribution >= 0.6 is 0 Å². The Hall–Kier alpha value is -3.14. The molecule has 1 spiro atoms. The summed E-state index contributed by atoms with van der Waals surface area (Å²) in [7, 11) is 0. The van der Waals surface area contributed by atoms with E-state index in [1.54, 1.807) is 0 Å². The largest absolute Gasteiger partial charge is 0.481 e. The van der Waals surface area contributed by atoms with Gasteiger partial charge in [-0.1, -0.05) is 0 Å². The maximum atomic E-state index is 11.6. The van der Waals surface area contributed by atoms with Gasteiger partial charge in [-0.3, -0.25) is 19.9 Å². The fourth-order valence-electron chi connectivity index (χ4n) is 5.56. The fourth-order valence-corrected chi connectivity index (χ4v) is 5.56. The Bertz CT molecular complexity index is 1130. The predicted octanol–water partition coefficient (Wildman–Crippen LogP) is 2.80. The number of aryl methyl sites for hydroxylation is 1. The van der Waals surface area contributed by atoms with Gasteiger partial charge in [0.25, 0.3) is 0 Å². The number of nitrogens with zero attached hydrogens (tertiary/aromatic N) is 3. The molecule has 5 N–H and O–H groups in total. The first-order chi connectivity index (χ1) is 16.4. The molecule has 3 heterocycles. The third-order valence-corrected chi connectivity index (χ3v) is 7.69. The van der Waals surface area contributed by atoms with Gasteiger partial charge < -0.3 is 16.2 Å². The standard InChI is InChI=1S/C24H32N6O4/c1-2-30-22-18(13-27-30)20(28-16-5-3-15(4-6-16)23(32)33)17(12-26-22)19-11-24(34-29-19)9-7-14(8-10-24)21(25)31/h11-16,29H,2-10H2,1H3,(H2,25,31)(H,26,28)(H,32,33). The van der Waals surface area contributed by atoms with Crippen molar-refractivity contribution in [3.05, 3.63) is 24.0 Å². The summed E-state index contributed by atoms with van der Waals surface area (Å²) >= 11 is 0. The van der Waals surface area contributed by atoms with E-state index in [1.165, 1.54) is 0 Å². The number of nitrogens with two attached hydrogens (primary N) is 1. The molecule has 0 unspecified atom stereocenters. The van der Waals surface area contributed by atoms with Gasteiger partial charge in [-0.15, -0.1) is 0 Å². The SMILES string of the molecule is CCn1ncc2c(NC3CCC(C(=O)O)CC3)c(C3=CC4(CCC(C(N)=O)CC4)ON3)cnc21. The molecule has 1 aliphatic heterocycles. The van der Waals surface area contributed by atoms with Gasteiger partial charge in [0, 0.05) is 30.3 Å². The molecule has 0 aromatic carbocycles.